The average Bonchev–Trinajstić information content (AvgIpc) is 3.22. The van der Waals surface area contributed by atoms with Crippen molar-refractivity contribution >= 4 is 17.3 Å². The molecule has 0 fully saturated rings. The summed E-state index contributed by atoms with van der Waals surface area (Å²) in [4.78, 5) is 16.9. The van der Waals surface area contributed by atoms with E-state index in [0.29, 0.717) is 35.1 Å². The van der Waals surface area contributed by atoms with E-state index in [4.69, 9.17) is 18.9 Å². The van der Waals surface area contributed by atoms with E-state index in [2.05, 4.69) is 4.98 Å². The zero-order valence-corrected chi connectivity index (χ0v) is 17.7. The molecule has 0 aliphatic rings. The first-order valence-electron chi connectivity index (χ1n) is 9.13. The van der Waals surface area contributed by atoms with Gasteiger partial charge in [-0.2, -0.15) is 0 Å². The first-order chi connectivity index (χ1) is 14.0. The second-order valence-corrected chi connectivity index (χ2v) is 7.06. The molecule has 152 valence electrons. The van der Waals surface area contributed by atoms with Gasteiger partial charge in [0, 0.05) is 10.9 Å². The van der Waals surface area contributed by atoms with Gasteiger partial charge >= 0.3 is 5.97 Å². The summed E-state index contributed by atoms with van der Waals surface area (Å²) in [5.74, 6) is 1.58. The van der Waals surface area contributed by atoms with Gasteiger partial charge in [-0.3, -0.25) is 0 Å². The van der Waals surface area contributed by atoms with Gasteiger partial charge in [0.15, 0.2) is 11.5 Å². The maximum absolute atomic E-state index is 12.3. The van der Waals surface area contributed by atoms with Crippen LogP contribution in [0.25, 0.3) is 10.6 Å². The zero-order chi connectivity index (χ0) is 20.8. The lowest BCUT2D eigenvalue weighted by molar-refractivity contribution is 0.0468. The van der Waals surface area contributed by atoms with Gasteiger partial charge in [0.2, 0.25) is 0 Å². The second kappa shape index (κ2) is 9.43. The van der Waals surface area contributed by atoms with Gasteiger partial charge in [0.05, 0.1) is 32.1 Å². The lowest BCUT2D eigenvalue weighted by atomic mass is 10.1. The van der Waals surface area contributed by atoms with Crippen LogP contribution in [-0.2, 0) is 11.3 Å². The molecule has 3 rings (SSSR count). The van der Waals surface area contributed by atoms with Gasteiger partial charge < -0.3 is 18.9 Å². The first kappa shape index (κ1) is 20.7. The summed E-state index contributed by atoms with van der Waals surface area (Å²) in [5, 5.41) is 2.69. The van der Waals surface area contributed by atoms with Crippen molar-refractivity contribution in [1.82, 2.24) is 4.98 Å². The van der Waals surface area contributed by atoms with Crippen LogP contribution < -0.4 is 14.2 Å². The molecule has 1 aromatic heterocycles. The Balaban J connectivity index is 1.68. The number of benzene rings is 2. The topological polar surface area (TPSA) is 66.9 Å². The lowest BCUT2D eigenvalue weighted by Crippen LogP contribution is -2.06. The highest BCUT2D eigenvalue weighted by Crippen LogP contribution is 2.34. The molecule has 0 N–H and O–H groups in total. The van der Waals surface area contributed by atoms with Gasteiger partial charge in [0.1, 0.15) is 17.4 Å². The lowest BCUT2D eigenvalue weighted by Gasteiger charge is -2.10. The Morgan fingerprint density at radius 3 is 2.55 bits per heavy atom. The average molecular weight is 413 g/mol. The largest absolute Gasteiger partial charge is 0.496 e. The van der Waals surface area contributed by atoms with E-state index in [0.717, 1.165) is 16.1 Å². The van der Waals surface area contributed by atoms with Crippen molar-refractivity contribution in [2.45, 2.75) is 20.5 Å². The monoisotopic (exact) mass is 413 g/mol. The third kappa shape index (κ3) is 4.86. The van der Waals surface area contributed by atoms with Gasteiger partial charge in [-0.15, -0.1) is 11.3 Å². The van der Waals surface area contributed by atoms with Crippen molar-refractivity contribution in [3.8, 4) is 27.8 Å². The molecule has 0 aliphatic carbocycles. The van der Waals surface area contributed by atoms with Crippen molar-refractivity contribution in [3.05, 3.63) is 58.6 Å². The summed E-state index contributed by atoms with van der Waals surface area (Å²) in [6.45, 7) is 4.50. The van der Waals surface area contributed by atoms with Crippen LogP contribution in [-0.4, -0.2) is 31.8 Å². The molecule has 0 unspecified atom stereocenters. The molecule has 2 aromatic carbocycles. The maximum atomic E-state index is 12.3. The third-order valence-corrected chi connectivity index (χ3v) is 5.20. The maximum Gasteiger partial charge on any atom is 0.338 e. The second-order valence-electron chi connectivity index (χ2n) is 6.20. The van der Waals surface area contributed by atoms with Crippen LogP contribution in [0.3, 0.4) is 0 Å². The van der Waals surface area contributed by atoms with Crippen LogP contribution in [0.1, 0.15) is 28.5 Å². The molecule has 3 aromatic rings. The molecule has 0 saturated heterocycles. The van der Waals surface area contributed by atoms with E-state index >= 15 is 0 Å². The summed E-state index contributed by atoms with van der Waals surface area (Å²) in [5.41, 5.74) is 3.00. The fourth-order valence-electron chi connectivity index (χ4n) is 2.75. The molecule has 0 bridgehead atoms. The molecule has 0 atom stereocenters. The summed E-state index contributed by atoms with van der Waals surface area (Å²) in [7, 11) is 3.18. The quantitative estimate of drug-likeness (QED) is 0.490. The first-order valence-corrected chi connectivity index (χ1v) is 10.0. The Morgan fingerprint density at radius 1 is 1.03 bits per heavy atom. The van der Waals surface area contributed by atoms with E-state index < -0.39 is 5.97 Å². The van der Waals surface area contributed by atoms with Crippen LogP contribution in [0.15, 0.2) is 41.8 Å². The number of hydrogen-bond donors (Lipinski definition) is 0. The fraction of sp³-hybridized carbons (Fsp3) is 0.273. The number of methoxy groups -OCH3 is 2. The number of esters is 1. The van der Waals surface area contributed by atoms with E-state index in [1.54, 1.807) is 26.4 Å². The summed E-state index contributed by atoms with van der Waals surface area (Å²) < 4.78 is 21.6. The van der Waals surface area contributed by atoms with Crippen molar-refractivity contribution in [3.63, 3.8) is 0 Å². The summed E-state index contributed by atoms with van der Waals surface area (Å²) in [6, 6.07) is 10.9. The van der Waals surface area contributed by atoms with Crippen LogP contribution in [0.2, 0.25) is 0 Å². The predicted octanol–water partition coefficient (Wildman–Crippen LogP) is 4.89. The van der Waals surface area contributed by atoms with Gasteiger partial charge in [-0.1, -0.05) is 6.07 Å². The Bertz CT molecular complexity index is 999. The minimum absolute atomic E-state index is 0.0969. The van der Waals surface area contributed by atoms with E-state index in [1.807, 2.05) is 43.5 Å². The predicted molar refractivity (Wildman–Crippen MR) is 112 cm³/mol. The number of carbonyl (C=O) groups excluding carboxylic acids is 1. The minimum Gasteiger partial charge on any atom is -0.496 e. The molecule has 0 radical (unpaired) electrons. The van der Waals surface area contributed by atoms with Gasteiger partial charge in [0.25, 0.3) is 0 Å². The van der Waals surface area contributed by atoms with E-state index in [1.165, 1.54) is 11.3 Å². The highest BCUT2D eigenvalue weighted by molar-refractivity contribution is 7.13. The minimum atomic E-state index is -0.416. The van der Waals surface area contributed by atoms with Crippen LogP contribution in [0, 0.1) is 6.92 Å². The molecular formula is C22H23NO5S. The number of thiazole rings is 1. The molecule has 0 spiro atoms. The van der Waals surface area contributed by atoms with E-state index in [-0.39, 0.29) is 6.61 Å². The molecule has 29 heavy (non-hydrogen) atoms. The number of carbonyl (C=O) groups is 1. The van der Waals surface area contributed by atoms with Crippen LogP contribution in [0.4, 0.5) is 0 Å². The van der Waals surface area contributed by atoms with Crippen molar-refractivity contribution in [1.29, 1.82) is 0 Å². The Labute approximate surface area is 174 Å². The molecule has 0 saturated carbocycles. The smallest absolute Gasteiger partial charge is 0.338 e. The standard InChI is InChI=1S/C22H23NO5S/c1-5-27-18-9-8-15(10-20(18)26-4)21-23-17(13-29-21)12-28-22(24)16-7-6-14(2)19(11-16)25-3/h6-11,13H,5,12H2,1-4H3. The van der Waals surface area contributed by atoms with E-state index in [9.17, 15) is 4.79 Å². The number of aromatic nitrogens is 1. The number of hydrogen-bond acceptors (Lipinski definition) is 7. The number of rotatable bonds is 8. The molecule has 0 amide bonds. The van der Waals surface area contributed by atoms with Crippen LogP contribution in [0.5, 0.6) is 17.2 Å². The van der Waals surface area contributed by atoms with Gasteiger partial charge in [-0.25, -0.2) is 9.78 Å². The zero-order valence-electron chi connectivity index (χ0n) is 16.9. The highest BCUT2D eigenvalue weighted by Gasteiger charge is 2.13. The SMILES string of the molecule is CCOc1ccc(-c2nc(COC(=O)c3ccc(C)c(OC)c3)cs2)cc1OC. The molecule has 6 nitrogen and oxygen atoms in total. The Morgan fingerprint density at radius 2 is 1.83 bits per heavy atom. The van der Waals surface area contributed by atoms with Crippen molar-refractivity contribution < 1.29 is 23.7 Å². The highest BCUT2D eigenvalue weighted by atomic mass is 32.1. The summed E-state index contributed by atoms with van der Waals surface area (Å²) >= 11 is 1.48. The molecular weight excluding hydrogens is 390 g/mol. The summed E-state index contributed by atoms with van der Waals surface area (Å²) in [6.07, 6.45) is 0. The third-order valence-electron chi connectivity index (χ3n) is 4.26. The number of ether oxygens (including phenoxy) is 4. The fourth-order valence-corrected chi connectivity index (χ4v) is 3.55. The number of nitrogens with zero attached hydrogens (tertiary/aromatic N) is 1. The normalized spacial score (nSPS) is 10.5. The molecule has 1 heterocycles. The van der Waals surface area contributed by atoms with Crippen molar-refractivity contribution in [2.75, 3.05) is 20.8 Å². The Kier molecular flexibility index (Phi) is 6.72. The van der Waals surface area contributed by atoms with Crippen molar-refractivity contribution in [2.24, 2.45) is 0 Å². The molecule has 7 heteroatoms. The molecule has 0 aliphatic heterocycles. The number of aryl methyl sites for hydroxylation is 1. The Hall–Kier alpha value is -3.06. The van der Waals surface area contributed by atoms with Crippen LogP contribution >= 0.6 is 11.3 Å². The van der Waals surface area contributed by atoms with Gasteiger partial charge in [-0.05, 0) is 49.7 Å².